The van der Waals surface area contributed by atoms with Crippen molar-refractivity contribution in [3.8, 4) is 0 Å². The highest BCUT2D eigenvalue weighted by molar-refractivity contribution is 5.87. The Kier molecular flexibility index (Phi) is 4.74. The Morgan fingerprint density at radius 3 is 2.95 bits per heavy atom. The molecule has 0 aliphatic carbocycles. The second-order valence-electron chi connectivity index (χ2n) is 4.97. The van der Waals surface area contributed by atoms with Gasteiger partial charge in [-0.2, -0.15) is 0 Å². The van der Waals surface area contributed by atoms with Gasteiger partial charge in [0.15, 0.2) is 0 Å². The highest BCUT2D eigenvalue weighted by atomic mass is 19.1. The fraction of sp³-hybridized carbons (Fsp3) is 0.429. The van der Waals surface area contributed by atoms with Gasteiger partial charge in [-0.3, -0.25) is 4.90 Å². The van der Waals surface area contributed by atoms with Gasteiger partial charge in [-0.25, -0.2) is 14.0 Å². The average molecular weight is 296 g/mol. The molecule has 0 saturated carbocycles. The third kappa shape index (κ3) is 3.91. The number of nitrogens with zero attached hydrogens (tertiary/aromatic N) is 1. The number of carbonyl (C=O) groups excluding carboxylic acids is 1. The highest BCUT2D eigenvalue weighted by Crippen LogP contribution is 2.17. The quantitative estimate of drug-likeness (QED) is 0.879. The predicted molar refractivity (Wildman–Crippen MR) is 72.6 cm³/mol. The number of methoxy groups -OCH3 is 1. The molecule has 6 nitrogen and oxygen atoms in total. The summed E-state index contributed by atoms with van der Waals surface area (Å²) in [6.45, 7) is 1.59. The van der Waals surface area contributed by atoms with Crippen molar-refractivity contribution >= 4 is 12.1 Å². The summed E-state index contributed by atoms with van der Waals surface area (Å²) in [4.78, 5) is 24.0. The first kappa shape index (κ1) is 15.2. The van der Waals surface area contributed by atoms with Crippen LogP contribution in [0.4, 0.5) is 9.18 Å². The van der Waals surface area contributed by atoms with Crippen molar-refractivity contribution in [1.82, 2.24) is 10.2 Å². The molecule has 21 heavy (non-hydrogen) atoms. The van der Waals surface area contributed by atoms with E-state index in [9.17, 15) is 14.0 Å². The van der Waals surface area contributed by atoms with Crippen LogP contribution in [0.15, 0.2) is 18.2 Å². The number of carboxylic acids is 1. The van der Waals surface area contributed by atoms with Crippen molar-refractivity contribution in [2.75, 3.05) is 20.2 Å². The lowest BCUT2D eigenvalue weighted by molar-refractivity contribution is 0.0696. The van der Waals surface area contributed by atoms with Gasteiger partial charge in [0, 0.05) is 31.2 Å². The van der Waals surface area contributed by atoms with Crippen LogP contribution in [0.3, 0.4) is 0 Å². The van der Waals surface area contributed by atoms with Crippen molar-refractivity contribution in [2.24, 2.45) is 0 Å². The molecule has 1 aliphatic heterocycles. The van der Waals surface area contributed by atoms with Gasteiger partial charge < -0.3 is 15.2 Å². The van der Waals surface area contributed by atoms with Gasteiger partial charge in [-0.05, 0) is 24.6 Å². The minimum absolute atomic E-state index is 0.0387. The zero-order chi connectivity index (χ0) is 15.4. The second kappa shape index (κ2) is 6.53. The van der Waals surface area contributed by atoms with E-state index in [1.165, 1.54) is 25.3 Å². The fourth-order valence-electron chi connectivity index (χ4n) is 2.39. The van der Waals surface area contributed by atoms with Crippen molar-refractivity contribution in [1.29, 1.82) is 0 Å². The first-order valence-corrected chi connectivity index (χ1v) is 6.58. The third-order valence-electron chi connectivity index (χ3n) is 3.47. The molecule has 7 heteroatoms. The number of alkyl carbamates (subject to hydrolysis) is 1. The summed E-state index contributed by atoms with van der Waals surface area (Å²) in [5.41, 5.74) is 0.406. The first-order valence-electron chi connectivity index (χ1n) is 6.58. The molecule has 1 atom stereocenters. The largest absolute Gasteiger partial charge is 0.478 e. The maximum atomic E-state index is 13.7. The monoisotopic (exact) mass is 296 g/mol. The number of nitrogens with one attached hydrogen (secondary N) is 1. The van der Waals surface area contributed by atoms with Crippen molar-refractivity contribution in [2.45, 2.75) is 19.0 Å². The van der Waals surface area contributed by atoms with Crippen LogP contribution in [-0.2, 0) is 11.3 Å². The summed E-state index contributed by atoms with van der Waals surface area (Å²) in [6, 6.07) is 3.72. The summed E-state index contributed by atoms with van der Waals surface area (Å²) >= 11 is 0. The standard InChI is InChI=1S/C14H17FN2O4/c1-21-14(20)16-11-4-5-17(8-11)7-10-6-9(13(18)19)2-3-12(10)15/h2-3,6,11H,4-5,7-8H2,1H3,(H,16,20)(H,18,19). The minimum Gasteiger partial charge on any atom is -0.478 e. The smallest absolute Gasteiger partial charge is 0.407 e. The van der Waals surface area contributed by atoms with E-state index in [1.54, 1.807) is 0 Å². The molecule has 1 aromatic carbocycles. The molecule has 1 heterocycles. The zero-order valence-electron chi connectivity index (χ0n) is 11.6. The molecule has 114 valence electrons. The molecule has 0 aromatic heterocycles. The van der Waals surface area contributed by atoms with Crippen LogP contribution in [0, 0.1) is 5.82 Å². The topological polar surface area (TPSA) is 78.9 Å². The van der Waals surface area contributed by atoms with Crippen LogP contribution < -0.4 is 5.32 Å². The Bertz CT molecular complexity index is 550. The third-order valence-corrected chi connectivity index (χ3v) is 3.47. The number of ether oxygens (including phenoxy) is 1. The van der Waals surface area contributed by atoms with Crippen LogP contribution in [0.5, 0.6) is 0 Å². The number of rotatable bonds is 4. The van der Waals surface area contributed by atoms with Gasteiger partial charge in [-0.15, -0.1) is 0 Å². The van der Waals surface area contributed by atoms with Gasteiger partial charge in [-0.1, -0.05) is 0 Å². The van der Waals surface area contributed by atoms with E-state index in [0.29, 0.717) is 25.2 Å². The van der Waals surface area contributed by atoms with Crippen LogP contribution in [0.2, 0.25) is 0 Å². The molecule has 1 fully saturated rings. The number of hydrogen-bond acceptors (Lipinski definition) is 4. The zero-order valence-corrected chi connectivity index (χ0v) is 11.6. The molecule has 0 bridgehead atoms. The molecule has 1 aliphatic rings. The van der Waals surface area contributed by atoms with Crippen molar-refractivity contribution in [3.05, 3.63) is 35.1 Å². The average Bonchev–Trinajstić information content (AvgIpc) is 2.88. The van der Waals surface area contributed by atoms with Gasteiger partial charge in [0.2, 0.25) is 0 Å². The van der Waals surface area contributed by atoms with Crippen molar-refractivity contribution in [3.63, 3.8) is 0 Å². The van der Waals surface area contributed by atoms with Gasteiger partial charge in [0.25, 0.3) is 0 Å². The summed E-state index contributed by atoms with van der Waals surface area (Å²) in [5, 5.41) is 11.6. The fourth-order valence-corrected chi connectivity index (χ4v) is 2.39. The van der Waals surface area contributed by atoms with Crippen LogP contribution in [-0.4, -0.2) is 48.3 Å². The van der Waals surface area contributed by atoms with E-state index in [1.807, 2.05) is 4.90 Å². The van der Waals surface area contributed by atoms with E-state index in [0.717, 1.165) is 6.42 Å². The number of amides is 1. The van der Waals surface area contributed by atoms with E-state index < -0.39 is 17.9 Å². The second-order valence-corrected chi connectivity index (χ2v) is 4.97. The Balaban J connectivity index is 1.98. The molecule has 1 unspecified atom stereocenters. The van der Waals surface area contributed by atoms with E-state index in [-0.39, 0.29) is 11.6 Å². The maximum absolute atomic E-state index is 13.7. The van der Waals surface area contributed by atoms with E-state index in [4.69, 9.17) is 5.11 Å². The summed E-state index contributed by atoms with van der Waals surface area (Å²) in [7, 11) is 1.30. The minimum atomic E-state index is -1.08. The normalized spacial score (nSPS) is 18.5. The van der Waals surface area contributed by atoms with E-state index in [2.05, 4.69) is 10.1 Å². The molecule has 1 aromatic rings. The summed E-state index contributed by atoms with van der Waals surface area (Å²) in [6.07, 6.45) is 0.260. The molecule has 2 N–H and O–H groups in total. The first-order chi connectivity index (χ1) is 9.99. The molecule has 1 saturated heterocycles. The lowest BCUT2D eigenvalue weighted by Gasteiger charge is -2.17. The Morgan fingerprint density at radius 1 is 1.52 bits per heavy atom. The molecular weight excluding hydrogens is 279 g/mol. The van der Waals surface area contributed by atoms with E-state index >= 15 is 0 Å². The molecule has 2 rings (SSSR count). The van der Waals surface area contributed by atoms with Crippen LogP contribution in [0.25, 0.3) is 0 Å². The van der Waals surface area contributed by atoms with Crippen LogP contribution in [0.1, 0.15) is 22.3 Å². The molecule has 1 amide bonds. The Morgan fingerprint density at radius 2 is 2.29 bits per heavy atom. The highest BCUT2D eigenvalue weighted by Gasteiger charge is 2.25. The van der Waals surface area contributed by atoms with Crippen LogP contribution >= 0.6 is 0 Å². The molecule has 0 spiro atoms. The predicted octanol–water partition coefficient (Wildman–Crippen LogP) is 1.45. The summed E-state index contributed by atoms with van der Waals surface area (Å²) < 4.78 is 18.3. The summed E-state index contributed by atoms with van der Waals surface area (Å²) in [5.74, 6) is -1.51. The lowest BCUT2D eigenvalue weighted by atomic mass is 10.1. The number of halogens is 1. The Hall–Kier alpha value is -2.15. The maximum Gasteiger partial charge on any atom is 0.407 e. The SMILES string of the molecule is COC(=O)NC1CCN(Cc2cc(C(=O)O)ccc2F)C1. The number of hydrogen-bond donors (Lipinski definition) is 2. The van der Waals surface area contributed by atoms with Gasteiger partial charge >= 0.3 is 12.1 Å². The number of likely N-dealkylation sites (tertiary alicyclic amines) is 1. The number of aromatic carboxylic acids is 1. The number of carbonyl (C=O) groups is 2. The molecule has 0 radical (unpaired) electrons. The molecular formula is C14H17FN2O4. The lowest BCUT2D eigenvalue weighted by Crippen LogP contribution is -2.36. The van der Waals surface area contributed by atoms with Gasteiger partial charge in [0.05, 0.1) is 12.7 Å². The van der Waals surface area contributed by atoms with Crippen molar-refractivity contribution < 1.29 is 23.8 Å². The van der Waals surface area contributed by atoms with Gasteiger partial charge in [0.1, 0.15) is 5.82 Å². The number of benzene rings is 1. The Labute approximate surface area is 121 Å². The number of carboxylic acid groups (broad SMARTS) is 1.